The molecular formula is C11H14BrFO2. The fourth-order valence-electron chi connectivity index (χ4n) is 1.28. The standard InChI is InChI=1S/C11H14BrFO2/c1-8(15-6-5-12)10-4-3-9(14-2)7-11(10)13/h3-4,7-8H,5-6H2,1-2H3. The zero-order valence-electron chi connectivity index (χ0n) is 8.80. The molecule has 0 N–H and O–H groups in total. The predicted molar refractivity (Wildman–Crippen MR) is 61.1 cm³/mol. The van der Waals surface area contributed by atoms with Gasteiger partial charge >= 0.3 is 0 Å². The summed E-state index contributed by atoms with van der Waals surface area (Å²) in [5.74, 6) is 0.223. The van der Waals surface area contributed by atoms with E-state index in [1.807, 2.05) is 6.92 Å². The van der Waals surface area contributed by atoms with Crippen molar-refractivity contribution in [3.8, 4) is 5.75 Å². The minimum Gasteiger partial charge on any atom is -0.497 e. The van der Waals surface area contributed by atoms with Crippen molar-refractivity contribution in [1.29, 1.82) is 0 Å². The van der Waals surface area contributed by atoms with Gasteiger partial charge in [0.05, 0.1) is 19.8 Å². The van der Waals surface area contributed by atoms with E-state index in [1.165, 1.54) is 13.2 Å². The number of methoxy groups -OCH3 is 1. The number of benzene rings is 1. The van der Waals surface area contributed by atoms with Crippen LogP contribution in [0.15, 0.2) is 18.2 Å². The van der Waals surface area contributed by atoms with Crippen LogP contribution >= 0.6 is 15.9 Å². The Morgan fingerprint density at radius 1 is 1.47 bits per heavy atom. The van der Waals surface area contributed by atoms with E-state index in [0.29, 0.717) is 17.9 Å². The molecule has 0 aliphatic rings. The van der Waals surface area contributed by atoms with Gasteiger partial charge in [-0.1, -0.05) is 15.9 Å². The molecule has 0 saturated heterocycles. The molecule has 0 bridgehead atoms. The van der Waals surface area contributed by atoms with Gasteiger partial charge in [0.25, 0.3) is 0 Å². The second-order valence-corrected chi connectivity index (χ2v) is 3.88. The van der Waals surface area contributed by atoms with E-state index < -0.39 is 0 Å². The Balaban J connectivity index is 2.76. The second-order valence-electron chi connectivity index (χ2n) is 3.09. The van der Waals surface area contributed by atoms with Gasteiger partial charge in [-0.15, -0.1) is 0 Å². The lowest BCUT2D eigenvalue weighted by Gasteiger charge is -2.13. The van der Waals surface area contributed by atoms with Gasteiger partial charge in [-0.25, -0.2) is 4.39 Å². The Labute approximate surface area is 97.5 Å². The number of rotatable bonds is 5. The van der Waals surface area contributed by atoms with E-state index in [4.69, 9.17) is 9.47 Å². The fraction of sp³-hybridized carbons (Fsp3) is 0.455. The van der Waals surface area contributed by atoms with E-state index >= 15 is 0 Å². The van der Waals surface area contributed by atoms with Crippen molar-refractivity contribution in [2.75, 3.05) is 19.0 Å². The Morgan fingerprint density at radius 2 is 2.20 bits per heavy atom. The molecule has 0 fully saturated rings. The third kappa shape index (κ3) is 3.47. The molecule has 4 heteroatoms. The monoisotopic (exact) mass is 276 g/mol. The van der Waals surface area contributed by atoms with Gasteiger partial charge in [-0.2, -0.15) is 0 Å². The predicted octanol–water partition coefficient (Wildman–Crippen LogP) is 3.31. The number of hydrogen-bond acceptors (Lipinski definition) is 2. The van der Waals surface area contributed by atoms with E-state index in [1.54, 1.807) is 12.1 Å². The molecule has 2 nitrogen and oxygen atoms in total. The van der Waals surface area contributed by atoms with Crippen LogP contribution in [0.5, 0.6) is 5.75 Å². The highest BCUT2D eigenvalue weighted by Gasteiger charge is 2.11. The summed E-state index contributed by atoms with van der Waals surface area (Å²) in [6.07, 6.45) is -0.242. The van der Waals surface area contributed by atoms with Gasteiger partial charge in [0.2, 0.25) is 0 Å². The SMILES string of the molecule is COc1ccc(C(C)OCCBr)c(F)c1. The molecule has 0 saturated carbocycles. The molecule has 0 spiro atoms. The van der Waals surface area contributed by atoms with E-state index in [2.05, 4.69) is 15.9 Å². The summed E-state index contributed by atoms with van der Waals surface area (Å²) >= 11 is 3.25. The van der Waals surface area contributed by atoms with Gasteiger partial charge in [0.1, 0.15) is 11.6 Å². The molecule has 1 rings (SSSR count). The largest absolute Gasteiger partial charge is 0.497 e. The smallest absolute Gasteiger partial charge is 0.132 e. The molecule has 0 amide bonds. The average molecular weight is 277 g/mol. The number of ether oxygens (including phenoxy) is 2. The van der Waals surface area contributed by atoms with Crippen LogP contribution < -0.4 is 4.74 Å². The first-order chi connectivity index (χ1) is 7.19. The number of alkyl halides is 1. The summed E-state index contributed by atoms with van der Waals surface area (Å²) < 4.78 is 23.9. The molecule has 1 aromatic rings. The molecular weight excluding hydrogens is 263 g/mol. The molecule has 0 aromatic heterocycles. The highest BCUT2D eigenvalue weighted by Crippen LogP contribution is 2.23. The normalized spacial score (nSPS) is 12.5. The third-order valence-corrected chi connectivity index (χ3v) is 2.41. The van der Waals surface area contributed by atoms with E-state index in [9.17, 15) is 4.39 Å². The molecule has 1 atom stereocenters. The Morgan fingerprint density at radius 3 is 2.73 bits per heavy atom. The lowest BCUT2D eigenvalue weighted by molar-refractivity contribution is 0.0763. The molecule has 0 aliphatic heterocycles. The zero-order chi connectivity index (χ0) is 11.3. The van der Waals surface area contributed by atoms with Gasteiger partial charge in [0, 0.05) is 17.0 Å². The van der Waals surface area contributed by atoms with Crippen LogP contribution in [0.1, 0.15) is 18.6 Å². The zero-order valence-corrected chi connectivity index (χ0v) is 10.4. The van der Waals surface area contributed by atoms with Crippen LogP contribution in [0, 0.1) is 5.82 Å². The Bertz CT molecular complexity index is 317. The molecule has 0 aliphatic carbocycles. The Hall–Kier alpha value is -0.610. The summed E-state index contributed by atoms with van der Waals surface area (Å²) in [6.45, 7) is 2.39. The van der Waals surface area contributed by atoms with Crippen molar-refractivity contribution in [3.05, 3.63) is 29.6 Å². The summed E-state index contributed by atoms with van der Waals surface area (Å²) in [4.78, 5) is 0. The van der Waals surface area contributed by atoms with Gasteiger partial charge in [0.15, 0.2) is 0 Å². The second kappa shape index (κ2) is 6.08. The van der Waals surface area contributed by atoms with Gasteiger partial charge in [-0.05, 0) is 19.1 Å². The van der Waals surface area contributed by atoms with E-state index in [-0.39, 0.29) is 11.9 Å². The first kappa shape index (κ1) is 12.5. The van der Waals surface area contributed by atoms with Crippen LogP contribution in [-0.4, -0.2) is 19.0 Å². The molecule has 84 valence electrons. The molecule has 1 unspecified atom stereocenters. The number of hydrogen-bond donors (Lipinski definition) is 0. The van der Waals surface area contributed by atoms with Crippen molar-refractivity contribution in [2.45, 2.75) is 13.0 Å². The van der Waals surface area contributed by atoms with Gasteiger partial charge in [-0.3, -0.25) is 0 Å². The maximum absolute atomic E-state index is 13.5. The molecule has 0 heterocycles. The summed E-state index contributed by atoms with van der Waals surface area (Å²) in [5, 5.41) is 0.745. The summed E-state index contributed by atoms with van der Waals surface area (Å²) in [7, 11) is 1.51. The van der Waals surface area contributed by atoms with E-state index in [0.717, 1.165) is 5.33 Å². The maximum Gasteiger partial charge on any atom is 0.132 e. The van der Waals surface area contributed by atoms with Crippen LogP contribution in [0.3, 0.4) is 0 Å². The summed E-state index contributed by atoms with van der Waals surface area (Å²) in [6, 6.07) is 4.78. The molecule has 1 aromatic carbocycles. The third-order valence-electron chi connectivity index (χ3n) is 2.09. The first-order valence-electron chi connectivity index (χ1n) is 4.70. The minimum absolute atomic E-state index is 0.242. The number of halogens is 2. The average Bonchev–Trinajstić information content (AvgIpc) is 2.25. The van der Waals surface area contributed by atoms with Crippen LogP contribution in [0.25, 0.3) is 0 Å². The minimum atomic E-state index is -0.295. The van der Waals surface area contributed by atoms with Crippen molar-refractivity contribution >= 4 is 15.9 Å². The van der Waals surface area contributed by atoms with Crippen molar-refractivity contribution < 1.29 is 13.9 Å². The molecule has 15 heavy (non-hydrogen) atoms. The highest BCUT2D eigenvalue weighted by molar-refractivity contribution is 9.09. The highest BCUT2D eigenvalue weighted by atomic mass is 79.9. The lowest BCUT2D eigenvalue weighted by atomic mass is 10.1. The molecule has 0 radical (unpaired) electrons. The van der Waals surface area contributed by atoms with Crippen molar-refractivity contribution in [2.24, 2.45) is 0 Å². The Kier molecular flexibility index (Phi) is 5.05. The van der Waals surface area contributed by atoms with Gasteiger partial charge < -0.3 is 9.47 Å². The quantitative estimate of drug-likeness (QED) is 0.769. The maximum atomic E-state index is 13.5. The van der Waals surface area contributed by atoms with Crippen molar-refractivity contribution in [1.82, 2.24) is 0 Å². The topological polar surface area (TPSA) is 18.5 Å². The van der Waals surface area contributed by atoms with Crippen LogP contribution in [-0.2, 0) is 4.74 Å². The van der Waals surface area contributed by atoms with Crippen molar-refractivity contribution in [3.63, 3.8) is 0 Å². The fourth-order valence-corrected chi connectivity index (χ4v) is 1.46. The summed E-state index contributed by atoms with van der Waals surface area (Å²) in [5.41, 5.74) is 0.553. The van der Waals surface area contributed by atoms with Crippen LogP contribution in [0.2, 0.25) is 0 Å². The first-order valence-corrected chi connectivity index (χ1v) is 5.82. The van der Waals surface area contributed by atoms with Crippen LogP contribution in [0.4, 0.5) is 4.39 Å². The lowest BCUT2D eigenvalue weighted by Crippen LogP contribution is -2.04.